The lowest BCUT2D eigenvalue weighted by Gasteiger charge is -2.21. The quantitative estimate of drug-likeness (QED) is 0.847. The molecule has 1 atom stereocenters. The van der Waals surface area contributed by atoms with Crippen molar-refractivity contribution in [2.75, 3.05) is 21.9 Å². The van der Waals surface area contributed by atoms with E-state index in [9.17, 15) is 13.2 Å². The standard InChI is InChI=1S/C21H26N2O3S/c1-15(2)20(17-7-5-16(3)6-8-17)21(24)22-18-9-11-19(12-10-18)23-13-4-14-27(23,25)26/h5-12,15,20H,4,13-14H2,1-3H3,(H,22,24). The number of rotatable bonds is 5. The Balaban J connectivity index is 1.75. The van der Waals surface area contributed by atoms with Crippen LogP contribution in [0.3, 0.4) is 0 Å². The van der Waals surface area contributed by atoms with Crippen molar-refractivity contribution in [2.24, 2.45) is 5.92 Å². The normalized spacial score (nSPS) is 17.1. The third-order valence-electron chi connectivity index (χ3n) is 4.91. The van der Waals surface area contributed by atoms with Crippen LogP contribution in [0.15, 0.2) is 48.5 Å². The SMILES string of the molecule is Cc1ccc(C(C(=O)Nc2ccc(N3CCCS3(=O)=O)cc2)C(C)C)cc1. The fourth-order valence-corrected chi connectivity index (χ4v) is 5.04. The Morgan fingerprint density at radius 2 is 1.67 bits per heavy atom. The van der Waals surface area contributed by atoms with Gasteiger partial charge in [-0.25, -0.2) is 8.42 Å². The van der Waals surface area contributed by atoms with Gasteiger partial charge in [-0.15, -0.1) is 0 Å². The van der Waals surface area contributed by atoms with Gasteiger partial charge in [0.25, 0.3) is 0 Å². The number of sulfonamides is 1. The maximum absolute atomic E-state index is 12.9. The van der Waals surface area contributed by atoms with Gasteiger partial charge in [0.1, 0.15) is 0 Å². The van der Waals surface area contributed by atoms with Crippen molar-refractivity contribution < 1.29 is 13.2 Å². The summed E-state index contributed by atoms with van der Waals surface area (Å²) in [5, 5.41) is 2.97. The topological polar surface area (TPSA) is 66.5 Å². The van der Waals surface area contributed by atoms with Crippen molar-refractivity contribution in [3.8, 4) is 0 Å². The predicted molar refractivity (Wildman–Crippen MR) is 110 cm³/mol. The van der Waals surface area contributed by atoms with Gasteiger partial charge in [0.15, 0.2) is 0 Å². The lowest BCUT2D eigenvalue weighted by atomic mass is 9.87. The molecule has 1 aliphatic heterocycles. The van der Waals surface area contributed by atoms with Crippen molar-refractivity contribution in [2.45, 2.75) is 33.1 Å². The molecular formula is C21H26N2O3S. The Morgan fingerprint density at radius 3 is 2.19 bits per heavy atom. The fraction of sp³-hybridized carbons (Fsp3) is 0.381. The Kier molecular flexibility index (Phi) is 5.56. The summed E-state index contributed by atoms with van der Waals surface area (Å²) in [7, 11) is -3.19. The van der Waals surface area contributed by atoms with Crippen LogP contribution < -0.4 is 9.62 Å². The Morgan fingerprint density at radius 1 is 1.04 bits per heavy atom. The van der Waals surface area contributed by atoms with Gasteiger partial charge in [-0.05, 0) is 49.1 Å². The molecule has 0 aliphatic carbocycles. The van der Waals surface area contributed by atoms with E-state index >= 15 is 0 Å². The molecule has 0 radical (unpaired) electrons. The number of amides is 1. The molecular weight excluding hydrogens is 360 g/mol. The molecule has 1 aliphatic rings. The average molecular weight is 387 g/mol. The molecule has 1 N–H and O–H groups in total. The number of hydrogen-bond acceptors (Lipinski definition) is 3. The van der Waals surface area contributed by atoms with Gasteiger partial charge < -0.3 is 5.32 Å². The zero-order valence-electron chi connectivity index (χ0n) is 16.0. The lowest BCUT2D eigenvalue weighted by molar-refractivity contribution is -0.118. The smallest absolute Gasteiger partial charge is 0.235 e. The summed E-state index contributed by atoms with van der Waals surface area (Å²) in [4.78, 5) is 12.9. The first-order chi connectivity index (χ1) is 12.8. The van der Waals surface area contributed by atoms with E-state index in [1.807, 2.05) is 45.0 Å². The lowest BCUT2D eigenvalue weighted by Crippen LogP contribution is -2.26. The second kappa shape index (κ2) is 7.72. The monoisotopic (exact) mass is 386 g/mol. The van der Waals surface area contributed by atoms with Crippen LogP contribution in [0.5, 0.6) is 0 Å². The largest absolute Gasteiger partial charge is 0.326 e. The van der Waals surface area contributed by atoms with Crippen LogP contribution in [0.1, 0.15) is 37.3 Å². The van der Waals surface area contributed by atoms with E-state index in [0.29, 0.717) is 24.3 Å². The molecule has 3 rings (SSSR count). The predicted octanol–water partition coefficient (Wildman–Crippen LogP) is 3.91. The summed E-state index contributed by atoms with van der Waals surface area (Å²) in [6.45, 7) is 6.60. The fourth-order valence-electron chi connectivity index (χ4n) is 3.47. The molecule has 0 saturated carbocycles. The highest BCUT2D eigenvalue weighted by atomic mass is 32.2. The van der Waals surface area contributed by atoms with E-state index in [0.717, 1.165) is 11.1 Å². The average Bonchev–Trinajstić information content (AvgIpc) is 2.96. The molecule has 27 heavy (non-hydrogen) atoms. The molecule has 1 amide bonds. The first-order valence-corrected chi connectivity index (χ1v) is 10.9. The minimum atomic E-state index is -3.19. The van der Waals surface area contributed by atoms with Crippen LogP contribution in [0.4, 0.5) is 11.4 Å². The van der Waals surface area contributed by atoms with Gasteiger partial charge in [0.05, 0.1) is 17.4 Å². The van der Waals surface area contributed by atoms with Gasteiger partial charge in [-0.1, -0.05) is 43.7 Å². The zero-order valence-corrected chi connectivity index (χ0v) is 16.8. The molecule has 2 aromatic rings. The number of nitrogens with zero attached hydrogens (tertiary/aromatic N) is 1. The van der Waals surface area contributed by atoms with E-state index < -0.39 is 10.0 Å². The summed E-state index contributed by atoms with van der Waals surface area (Å²) < 4.78 is 25.5. The van der Waals surface area contributed by atoms with Gasteiger partial charge in [0.2, 0.25) is 15.9 Å². The molecule has 0 spiro atoms. The first kappa shape index (κ1) is 19.4. The molecule has 6 heteroatoms. The van der Waals surface area contributed by atoms with E-state index in [1.54, 1.807) is 24.3 Å². The molecule has 0 aromatic heterocycles. The van der Waals surface area contributed by atoms with Crippen LogP contribution in [0.25, 0.3) is 0 Å². The molecule has 0 bridgehead atoms. The second-order valence-electron chi connectivity index (χ2n) is 7.41. The molecule has 1 saturated heterocycles. The first-order valence-electron chi connectivity index (χ1n) is 9.26. The van der Waals surface area contributed by atoms with Gasteiger partial charge in [0, 0.05) is 12.2 Å². The van der Waals surface area contributed by atoms with Gasteiger partial charge in [-0.2, -0.15) is 0 Å². The van der Waals surface area contributed by atoms with Crippen molar-refractivity contribution in [3.05, 3.63) is 59.7 Å². The third-order valence-corrected chi connectivity index (χ3v) is 6.78. The maximum atomic E-state index is 12.9. The van der Waals surface area contributed by atoms with Crippen molar-refractivity contribution >= 4 is 27.3 Å². The van der Waals surface area contributed by atoms with Crippen LogP contribution in [0.2, 0.25) is 0 Å². The molecule has 144 valence electrons. The highest BCUT2D eigenvalue weighted by Gasteiger charge is 2.28. The number of aryl methyl sites for hydroxylation is 1. The minimum Gasteiger partial charge on any atom is -0.326 e. The number of nitrogens with one attached hydrogen (secondary N) is 1. The van der Waals surface area contributed by atoms with Crippen molar-refractivity contribution in [3.63, 3.8) is 0 Å². The number of anilines is 2. The number of hydrogen-bond donors (Lipinski definition) is 1. The molecule has 1 unspecified atom stereocenters. The van der Waals surface area contributed by atoms with Gasteiger partial charge in [-0.3, -0.25) is 9.10 Å². The second-order valence-corrected chi connectivity index (χ2v) is 9.42. The summed E-state index contributed by atoms with van der Waals surface area (Å²) in [5.41, 5.74) is 3.46. The summed E-state index contributed by atoms with van der Waals surface area (Å²) in [5.74, 6) is 0.0410. The Hall–Kier alpha value is -2.34. The maximum Gasteiger partial charge on any atom is 0.235 e. The van der Waals surface area contributed by atoms with Gasteiger partial charge >= 0.3 is 0 Å². The number of benzene rings is 2. The summed E-state index contributed by atoms with van der Waals surface area (Å²) >= 11 is 0. The molecule has 1 fully saturated rings. The van der Waals surface area contributed by atoms with E-state index in [-0.39, 0.29) is 23.5 Å². The summed E-state index contributed by atoms with van der Waals surface area (Å²) in [6.07, 6.45) is 0.646. The van der Waals surface area contributed by atoms with E-state index in [4.69, 9.17) is 0 Å². The zero-order chi connectivity index (χ0) is 19.6. The molecule has 5 nitrogen and oxygen atoms in total. The van der Waals surface area contributed by atoms with Crippen molar-refractivity contribution in [1.29, 1.82) is 0 Å². The minimum absolute atomic E-state index is 0.0598. The molecule has 1 heterocycles. The van der Waals surface area contributed by atoms with Crippen LogP contribution in [-0.2, 0) is 14.8 Å². The Labute approximate surface area is 161 Å². The van der Waals surface area contributed by atoms with Crippen LogP contribution >= 0.6 is 0 Å². The third kappa shape index (κ3) is 4.33. The highest BCUT2D eigenvalue weighted by Crippen LogP contribution is 2.28. The van der Waals surface area contributed by atoms with Crippen LogP contribution in [0, 0.1) is 12.8 Å². The van der Waals surface area contributed by atoms with E-state index in [2.05, 4.69) is 5.32 Å². The number of carbonyl (C=O) groups is 1. The number of carbonyl (C=O) groups excluding carboxylic acids is 1. The highest BCUT2D eigenvalue weighted by molar-refractivity contribution is 7.93. The Bertz CT molecular complexity index is 903. The van der Waals surface area contributed by atoms with E-state index in [1.165, 1.54) is 4.31 Å². The summed E-state index contributed by atoms with van der Waals surface area (Å²) in [6, 6.07) is 15.0. The van der Waals surface area contributed by atoms with Crippen LogP contribution in [-0.4, -0.2) is 26.6 Å². The van der Waals surface area contributed by atoms with Crippen molar-refractivity contribution in [1.82, 2.24) is 0 Å². The molecule has 2 aromatic carbocycles.